The first-order valence-electron chi connectivity index (χ1n) is 5.67. The molecule has 20 heavy (non-hydrogen) atoms. The number of rotatable bonds is 4. The Kier molecular flexibility index (Phi) is 8.09. The van der Waals surface area contributed by atoms with E-state index in [1.165, 1.54) is 19.2 Å². The van der Waals surface area contributed by atoms with Gasteiger partial charge in [-0.25, -0.2) is 14.4 Å². The lowest BCUT2D eigenvalue weighted by Crippen LogP contribution is -2.11. The van der Waals surface area contributed by atoms with Crippen molar-refractivity contribution in [1.82, 2.24) is 0 Å². The van der Waals surface area contributed by atoms with Crippen LogP contribution in [-0.4, -0.2) is 36.7 Å². The van der Waals surface area contributed by atoms with E-state index in [1.54, 1.807) is 19.1 Å². The number of carboxylic acids is 1. The standard InChI is InChI=1S/C10H10O4.C4H6O2/c1-2-14-10(13)8-6-4-3-5-7(8)9(11)12;1-3-4(5)6-2/h3-6H,2H2,1H3,(H,11,12);3H,1H2,2H3. The molecule has 1 N–H and O–H groups in total. The normalized spacial score (nSPS) is 8.70. The highest BCUT2D eigenvalue weighted by atomic mass is 16.5. The van der Waals surface area contributed by atoms with Crippen molar-refractivity contribution in [3.63, 3.8) is 0 Å². The number of carbonyl (C=O) groups excluding carboxylic acids is 2. The average molecular weight is 280 g/mol. The lowest BCUT2D eigenvalue weighted by atomic mass is 10.1. The summed E-state index contributed by atoms with van der Waals surface area (Å²) in [5.74, 6) is -2.13. The summed E-state index contributed by atoms with van der Waals surface area (Å²) in [4.78, 5) is 31.8. The third-order valence-electron chi connectivity index (χ3n) is 2.02. The molecule has 0 radical (unpaired) electrons. The number of carbonyl (C=O) groups is 3. The Balaban J connectivity index is 0.000000511. The molecule has 6 nitrogen and oxygen atoms in total. The highest BCUT2D eigenvalue weighted by molar-refractivity contribution is 6.02. The minimum absolute atomic E-state index is 0.0362. The van der Waals surface area contributed by atoms with Crippen LogP contribution in [0.3, 0.4) is 0 Å². The number of benzene rings is 1. The Morgan fingerprint density at radius 3 is 2.15 bits per heavy atom. The maximum Gasteiger partial charge on any atom is 0.338 e. The molecule has 0 aliphatic rings. The van der Waals surface area contributed by atoms with E-state index in [1.807, 2.05) is 0 Å². The molecule has 1 aromatic rings. The smallest absolute Gasteiger partial charge is 0.338 e. The molecular weight excluding hydrogens is 264 g/mol. The zero-order valence-corrected chi connectivity index (χ0v) is 11.3. The molecule has 0 unspecified atom stereocenters. The van der Waals surface area contributed by atoms with Crippen molar-refractivity contribution in [2.45, 2.75) is 6.92 Å². The molecular formula is C14H16O6. The quantitative estimate of drug-likeness (QED) is 0.669. The number of hydrogen-bond donors (Lipinski definition) is 1. The van der Waals surface area contributed by atoms with Crippen molar-refractivity contribution in [3.8, 4) is 0 Å². The van der Waals surface area contributed by atoms with Crippen LogP contribution in [0.1, 0.15) is 27.6 Å². The van der Waals surface area contributed by atoms with E-state index in [0.29, 0.717) is 0 Å². The molecule has 0 bridgehead atoms. The summed E-state index contributed by atoms with van der Waals surface area (Å²) in [6, 6.07) is 5.96. The van der Waals surface area contributed by atoms with Gasteiger partial charge in [-0.2, -0.15) is 0 Å². The van der Waals surface area contributed by atoms with Gasteiger partial charge in [0.05, 0.1) is 24.8 Å². The molecule has 0 aliphatic carbocycles. The lowest BCUT2D eigenvalue weighted by molar-refractivity contribution is -0.134. The number of hydrogen-bond acceptors (Lipinski definition) is 5. The molecule has 0 heterocycles. The first-order chi connectivity index (χ1) is 9.47. The van der Waals surface area contributed by atoms with E-state index in [0.717, 1.165) is 6.08 Å². The maximum atomic E-state index is 11.3. The van der Waals surface area contributed by atoms with E-state index in [9.17, 15) is 14.4 Å². The Morgan fingerprint density at radius 2 is 1.80 bits per heavy atom. The van der Waals surface area contributed by atoms with Crippen LogP contribution in [0.15, 0.2) is 36.9 Å². The largest absolute Gasteiger partial charge is 0.478 e. The fraction of sp³-hybridized carbons (Fsp3) is 0.214. The molecule has 0 atom stereocenters. The van der Waals surface area contributed by atoms with Gasteiger partial charge in [0.2, 0.25) is 0 Å². The molecule has 108 valence electrons. The Morgan fingerprint density at radius 1 is 1.25 bits per heavy atom. The Labute approximate surface area is 116 Å². The molecule has 0 spiro atoms. The second-order valence-electron chi connectivity index (χ2n) is 3.30. The first-order valence-corrected chi connectivity index (χ1v) is 5.67. The predicted octanol–water partition coefficient (Wildman–Crippen LogP) is 1.91. The van der Waals surface area contributed by atoms with Gasteiger partial charge in [-0.1, -0.05) is 18.7 Å². The first kappa shape index (κ1) is 17.4. The van der Waals surface area contributed by atoms with Crippen LogP contribution in [0.2, 0.25) is 0 Å². The van der Waals surface area contributed by atoms with Crippen molar-refractivity contribution in [3.05, 3.63) is 48.0 Å². The summed E-state index contributed by atoms with van der Waals surface area (Å²) in [7, 11) is 1.31. The van der Waals surface area contributed by atoms with E-state index >= 15 is 0 Å². The molecule has 0 amide bonds. The van der Waals surface area contributed by atoms with Gasteiger partial charge in [0.15, 0.2) is 0 Å². The minimum atomic E-state index is -1.13. The third kappa shape index (κ3) is 5.81. The van der Waals surface area contributed by atoms with Crippen molar-refractivity contribution in [2.75, 3.05) is 13.7 Å². The molecule has 1 aromatic carbocycles. The molecule has 0 aromatic heterocycles. The molecule has 0 saturated carbocycles. The van der Waals surface area contributed by atoms with E-state index in [2.05, 4.69) is 11.3 Å². The minimum Gasteiger partial charge on any atom is -0.478 e. The summed E-state index contributed by atoms with van der Waals surface area (Å²) >= 11 is 0. The highest BCUT2D eigenvalue weighted by Gasteiger charge is 2.15. The summed E-state index contributed by atoms with van der Waals surface area (Å²) < 4.78 is 8.86. The van der Waals surface area contributed by atoms with Crippen molar-refractivity contribution < 1.29 is 29.0 Å². The highest BCUT2D eigenvalue weighted by Crippen LogP contribution is 2.09. The molecule has 0 fully saturated rings. The van der Waals surface area contributed by atoms with Crippen molar-refractivity contribution in [2.24, 2.45) is 0 Å². The molecule has 0 aliphatic heterocycles. The zero-order valence-electron chi connectivity index (χ0n) is 11.3. The molecule has 6 heteroatoms. The fourth-order valence-corrected chi connectivity index (χ4v) is 1.14. The fourth-order valence-electron chi connectivity index (χ4n) is 1.14. The summed E-state index contributed by atoms with van der Waals surface area (Å²) in [5.41, 5.74) is 0.0489. The van der Waals surface area contributed by atoms with E-state index in [4.69, 9.17) is 9.84 Å². The number of esters is 2. The van der Waals surface area contributed by atoms with Crippen LogP contribution in [0.4, 0.5) is 0 Å². The zero-order chi connectivity index (χ0) is 15.5. The molecule has 0 saturated heterocycles. The van der Waals surface area contributed by atoms with Gasteiger partial charge in [0, 0.05) is 6.08 Å². The van der Waals surface area contributed by atoms with Crippen molar-refractivity contribution in [1.29, 1.82) is 0 Å². The van der Waals surface area contributed by atoms with E-state index < -0.39 is 17.9 Å². The Hall–Kier alpha value is -2.63. The van der Waals surface area contributed by atoms with Gasteiger partial charge in [0.25, 0.3) is 0 Å². The Bertz CT molecular complexity index is 492. The summed E-state index contributed by atoms with van der Waals surface area (Å²) in [6.45, 7) is 5.05. The SMILES string of the molecule is C=CC(=O)OC.CCOC(=O)c1ccccc1C(=O)O. The predicted molar refractivity (Wildman–Crippen MR) is 71.6 cm³/mol. The monoisotopic (exact) mass is 280 g/mol. The number of methoxy groups -OCH3 is 1. The van der Waals surface area contributed by atoms with Gasteiger partial charge in [0.1, 0.15) is 0 Å². The number of carboxylic acid groups (broad SMARTS) is 1. The summed E-state index contributed by atoms with van der Waals surface area (Å²) in [5, 5.41) is 8.77. The average Bonchev–Trinajstić information content (AvgIpc) is 2.47. The number of ether oxygens (including phenoxy) is 2. The topological polar surface area (TPSA) is 89.9 Å². The van der Waals surface area contributed by atoms with Gasteiger partial charge in [-0.05, 0) is 19.1 Å². The van der Waals surface area contributed by atoms with E-state index in [-0.39, 0.29) is 17.7 Å². The van der Waals surface area contributed by atoms with Crippen molar-refractivity contribution >= 4 is 17.9 Å². The van der Waals surface area contributed by atoms with Gasteiger partial charge >= 0.3 is 17.9 Å². The van der Waals surface area contributed by atoms with Crippen LogP contribution in [0, 0.1) is 0 Å². The number of aromatic carboxylic acids is 1. The lowest BCUT2D eigenvalue weighted by Gasteiger charge is -2.04. The van der Waals surface area contributed by atoms with Gasteiger partial charge < -0.3 is 14.6 Å². The second kappa shape index (κ2) is 9.32. The summed E-state index contributed by atoms with van der Waals surface area (Å²) in [6.07, 6.45) is 1.11. The van der Waals surface area contributed by atoms with Crippen LogP contribution in [0.5, 0.6) is 0 Å². The maximum absolute atomic E-state index is 11.3. The second-order valence-corrected chi connectivity index (χ2v) is 3.30. The van der Waals surface area contributed by atoms with Crippen LogP contribution >= 0.6 is 0 Å². The van der Waals surface area contributed by atoms with Gasteiger partial charge in [-0.15, -0.1) is 0 Å². The molecule has 1 rings (SSSR count). The van der Waals surface area contributed by atoms with Crippen LogP contribution in [-0.2, 0) is 14.3 Å². The third-order valence-corrected chi connectivity index (χ3v) is 2.02. The van der Waals surface area contributed by atoms with Gasteiger partial charge in [-0.3, -0.25) is 0 Å². The van der Waals surface area contributed by atoms with Crippen LogP contribution in [0.25, 0.3) is 0 Å². The van der Waals surface area contributed by atoms with Crippen LogP contribution < -0.4 is 0 Å².